The molecule has 14 heavy (non-hydrogen) atoms. The summed E-state index contributed by atoms with van der Waals surface area (Å²) < 4.78 is 1.80. The van der Waals surface area contributed by atoms with E-state index in [1.165, 1.54) is 0 Å². The van der Waals surface area contributed by atoms with E-state index in [1.54, 1.807) is 23.2 Å². The maximum absolute atomic E-state index is 5.86. The van der Waals surface area contributed by atoms with Crippen molar-refractivity contribution in [1.29, 1.82) is 0 Å². The number of nitrogens with zero attached hydrogens (tertiary/aromatic N) is 4. The fourth-order valence-corrected chi connectivity index (χ4v) is 1.33. The van der Waals surface area contributed by atoms with Crippen molar-refractivity contribution in [3.8, 4) is 5.82 Å². The molecule has 0 spiro atoms. The zero-order chi connectivity index (χ0) is 9.97. The quantitative estimate of drug-likeness (QED) is 0.708. The highest BCUT2D eigenvalue weighted by Gasteiger charge is 2.02. The molecule has 0 radical (unpaired) electrons. The standard InChI is InChI=1S/C9H9ClN4/c1-2-8-12-7(10)5-9(13-8)14-4-3-11-6-14/h3-6H,2H2,1H3. The van der Waals surface area contributed by atoms with Gasteiger partial charge in [0.05, 0.1) is 0 Å². The van der Waals surface area contributed by atoms with Gasteiger partial charge in [-0.1, -0.05) is 18.5 Å². The van der Waals surface area contributed by atoms with Crippen LogP contribution in [0.2, 0.25) is 5.15 Å². The Morgan fingerprint density at radius 2 is 2.29 bits per heavy atom. The Hall–Kier alpha value is -1.42. The molecule has 0 amide bonds. The van der Waals surface area contributed by atoms with Gasteiger partial charge in [0.15, 0.2) is 0 Å². The van der Waals surface area contributed by atoms with E-state index in [0.29, 0.717) is 5.15 Å². The monoisotopic (exact) mass is 208 g/mol. The zero-order valence-electron chi connectivity index (χ0n) is 7.68. The summed E-state index contributed by atoms with van der Waals surface area (Å²) >= 11 is 5.86. The van der Waals surface area contributed by atoms with Gasteiger partial charge in [-0.3, -0.25) is 4.57 Å². The van der Waals surface area contributed by atoms with Crippen LogP contribution in [0.3, 0.4) is 0 Å². The van der Waals surface area contributed by atoms with Crippen molar-refractivity contribution >= 4 is 11.6 Å². The van der Waals surface area contributed by atoms with E-state index < -0.39 is 0 Å². The van der Waals surface area contributed by atoms with Crippen LogP contribution in [0.4, 0.5) is 0 Å². The summed E-state index contributed by atoms with van der Waals surface area (Å²) in [6, 6.07) is 1.71. The maximum atomic E-state index is 5.86. The summed E-state index contributed by atoms with van der Waals surface area (Å²) in [5.41, 5.74) is 0. The first-order valence-corrected chi connectivity index (χ1v) is 4.69. The molecular formula is C9H9ClN4. The Bertz CT molecular complexity index is 424. The molecule has 0 aliphatic heterocycles. The summed E-state index contributed by atoms with van der Waals surface area (Å²) in [6.07, 6.45) is 5.96. The highest BCUT2D eigenvalue weighted by Crippen LogP contribution is 2.11. The normalized spacial score (nSPS) is 10.4. The lowest BCUT2D eigenvalue weighted by Crippen LogP contribution is -2.00. The number of imidazole rings is 1. The highest BCUT2D eigenvalue weighted by atomic mass is 35.5. The van der Waals surface area contributed by atoms with Crippen molar-refractivity contribution < 1.29 is 0 Å². The first-order chi connectivity index (χ1) is 6.79. The van der Waals surface area contributed by atoms with Gasteiger partial charge in [0.25, 0.3) is 0 Å². The first-order valence-electron chi connectivity index (χ1n) is 4.31. The van der Waals surface area contributed by atoms with Crippen molar-refractivity contribution in [1.82, 2.24) is 19.5 Å². The minimum atomic E-state index is 0.459. The van der Waals surface area contributed by atoms with E-state index in [9.17, 15) is 0 Å². The molecule has 2 rings (SSSR count). The van der Waals surface area contributed by atoms with Crippen molar-refractivity contribution in [3.05, 3.63) is 35.8 Å². The van der Waals surface area contributed by atoms with E-state index >= 15 is 0 Å². The number of aryl methyl sites for hydroxylation is 1. The molecule has 4 nitrogen and oxygen atoms in total. The molecule has 0 aromatic carbocycles. The molecule has 72 valence electrons. The fourth-order valence-electron chi connectivity index (χ4n) is 1.14. The SMILES string of the molecule is CCc1nc(Cl)cc(-n2ccnc2)n1. The number of hydrogen-bond acceptors (Lipinski definition) is 3. The molecule has 0 unspecified atom stereocenters. The third-order valence-electron chi connectivity index (χ3n) is 1.81. The van der Waals surface area contributed by atoms with E-state index in [0.717, 1.165) is 18.1 Å². The smallest absolute Gasteiger partial charge is 0.143 e. The number of hydrogen-bond donors (Lipinski definition) is 0. The number of halogens is 1. The molecule has 0 saturated carbocycles. The Morgan fingerprint density at radius 3 is 2.93 bits per heavy atom. The van der Waals surface area contributed by atoms with E-state index in [-0.39, 0.29) is 0 Å². The molecule has 2 heterocycles. The predicted octanol–water partition coefficient (Wildman–Crippen LogP) is 1.88. The Balaban J connectivity index is 2.48. The van der Waals surface area contributed by atoms with Crippen LogP contribution in [-0.4, -0.2) is 19.5 Å². The Kier molecular flexibility index (Phi) is 2.45. The summed E-state index contributed by atoms with van der Waals surface area (Å²) in [4.78, 5) is 12.3. The van der Waals surface area contributed by atoms with Crippen LogP contribution in [0.1, 0.15) is 12.7 Å². The minimum Gasteiger partial charge on any atom is -0.290 e. The van der Waals surface area contributed by atoms with Crippen LogP contribution < -0.4 is 0 Å². The van der Waals surface area contributed by atoms with E-state index in [2.05, 4.69) is 15.0 Å². The predicted molar refractivity (Wildman–Crippen MR) is 53.5 cm³/mol. The minimum absolute atomic E-state index is 0.459. The van der Waals surface area contributed by atoms with Crippen molar-refractivity contribution in [3.63, 3.8) is 0 Å². The molecule has 0 saturated heterocycles. The molecule has 0 aliphatic rings. The van der Waals surface area contributed by atoms with E-state index in [4.69, 9.17) is 11.6 Å². The van der Waals surface area contributed by atoms with Gasteiger partial charge in [-0.05, 0) is 0 Å². The van der Waals surface area contributed by atoms with Gasteiger partial charge in [-0.2, -0.15) is 0 Å². The molecule has 0 N–H and O–H groups in total. The topological polar surface area (TPSA) is 43.6 Å². The summed E-state index contributed by atoms with van der Waals surface area (Å²) in [6.45, 7) is 1.99. The third-order valence-corrected chi connectivity index (χ3v) is 2.01. The Labute approximate surface area is 86.6 Å². The van der Waals surface area contributed by atoms with Crippen LogP contribution in [0.25, 0.3) is 5.82 Å². The van der Waals surface area contributed by atoms with Crippen LogP contribution in [0.15, 0.2) is 24.8 Å². The van der Waals surface area contributed by atoms with Gasteiger partial charge in [-0.15, -0.1) is 0 Å². The average molecular weight is 209 g/mol. The second-order valence-corrected chi connectivity index (χ2v) is 3.18. The molecule has 0 aliphatic carbocycles. The Morgan fingerprint density at radius 1 is 1.43 bits per heavy atom. The summed E-state index contributed by atoms with van der Waals surface area (Å²) in [5.74, 6) is 1.49. The van der Waals surface area contributed by atoms with Gasteiger partial charge >= 0.3 is 0 Å². The lowest BCUT2D eigenvalue weighted by molar-refractivity contribution is 0.887. The fraction of sp³-hybridized carbons (Fsp3) is 0.222. The average Bonchev–Trinajstić information content (AvgIpc) is 2.69. The van der Waals surface area contributed by atoms with Crippen molar-refractivity contribution in [2.45, 2.75) is 13.3 Å². The van der Waals surface area contributed by atoms with Crippen LogP contribution >= 0.6 is 11.6 Å². The summed E-state index contributed by atoms with van der Waals surface area (Å²) in [7, 11) is 0. The first kappa shape index (κ1) is 9.15. The van der Waals surface area contributed by atoms with E-state index in [1.807, 2.05) is 13.1 Å². The third kappa shape index (κ3) is 1.75. The summed E-state index contributed by atoms with van der Waals surface area (Å²) in [5, 5.41) is 0.459. The van der Waals surface area contributed by atoms with Crippen LogP contribution in [-0.2, 0) is 6.42 Å². The maximum Gasteiger partial charge on any atom is 0.143 e. The largest absolute Gasteiger partial charge is 0.290 e. The van der Waals surface area contributed by atoms with Gasteiger partial charge in [0.2, 0.25) is 0 Å². The number of rotatable bonds is 2. The van der Waals surface area contributed by atoms with Gasteiger partial charge in [0.1, 0.15) is 23.1 Å². The number of aromatic nitrogens is 4. The highest BCUT2D eigenvalue weighted by molar-refractivity contribution is 6.29. The van der Waals surface area contributed by atoms with Crippen LogP contribution in [0, 0.1) is 0 Å². The molecule has 5 heteroatoms. The molecule has 2 aromatic heterocycles. The lowest BCUT2D eigenvalue weighted by Gasteiger charge is -2.03. The molecule has 2 aromatic rings. The van der Waals surface area contributed by atoms with Crippen LogP contribution in [0.5, 0.6) is 0 Å². The van der Waals surface area contributed by atoms with Crippen molar-refractivity contribution in [2.24, 2.45) is 0 Å². The second kappa shape index (κ2) is 3.75. The van der Waals surface area contributed by atoms with Gasteiger partial charge in [-0.25, -0.2) is 15.0 Å². The zero-order valence-corrected chi connectivity index (χ0v) is 8.44. The van der Waals surface area contributed by atoms with Gasteiger partial charge < -0.3 is 0 Å². The molecule has 0 fully saturated rings. The molecule has 0 atom stereocenters. The lowest BCUT2D eigenvalue weighted by atomic mass is 10.4. The second-order valence-electron chi connectivity index (χ2n) is 2.79. The molecular weight excluding hydrogens is 200 g/mol. The van der Waals surface area contributed by atoms with Crippen molar-refractivity contribution in [2.75, 3.05) is 0 Å². The van der Waals surface area contributed by atoms with Gasteiger partial charge in [0, 0.05) is 24.9 Å². The molecule has 0 bridgehead atoms.